The number of likely N-dealkylation sites (N-methyl/N-ethyl adjacent to an activating group) is 1. The van der Waals surface area contributed by atoms with Crippen LogP contribution in [-0.2, 0) is 11.3 Å². The van der Waals surface area contributed by atoms with Crippen molar-refractivity contribution in [2.75, 3.05) is 25.5 Å². The zero-order chi connectivity index (χ0) is 12.8. The SMILES string of the molecule is CCNc1cnn(CC(=O)N(C)CC)c(=O)c1. The fourth-order valence-corrected chi connectivity index (χ4v) is 1.28. The quantitative estimate of drug-likeness (QED) is 0.793. The highest BCUT2D eigenvalue weighted by atomic mass is 16.2. The van der Waals surface area contributed by atoms with Crippen LogP contribution in [0.1, 0.15) is 13.8 Å². The van der Waals surface area contributed by atoms with Crippen molar-refractivity contribution < 1.29 is 4.79 Å². The summed E-state index contributed by atoms with van der Waals surface area (Å²) >= 11 is 0. The highest BCUT2D eigenvalue weighted by molar-refractivity contribution is 5.75. The first-order valence-electron chi connectivity index (χ1n) is 5.63. The Bertz CT molecular complexity index is 441. The van der Waals surface area contributed by atoms with Gasteiger partial charge in [0.15, 0.2) is 0 Å². The summed E-state index contributed by atoms with van der Waals surface area (Å²) in [4.78, 5) is 24.8. The molecule has 1 rings (SSSR count). The second kappa shape index (κ2) is 6.03. The predicted octanol–water partition coefficient (Wildman–Crippen LogP) is 0.153. The molecule has 0 aliphatic carbocycles. The van der Waals surface area contributed by atoms with E-state index in [0.717, 1.165) is 11.2 Å². The highest BCUT2D eigenvalue weighted by Crippen LogP contribution is 1.98. The van der Waals surface area contributed by atoms with Gasteiger partial charge in [-0.3, -0.25) is 9.59 Å². The van der Waals surface area contributed by atoms with Gasteiger partial charge in [-0.1, -0.05) is 0 Å². The zero-order valence-corrected chi connectivity index (χ0v) is 10.4. The Morgan fingerprint density at radius 3 is 2.76 bits per heavy atom. The number of hydrogen-bond donors (Lipinski definition) is 1. The van der Waals surface area contributed by atoms with Gasteiger partial charge in [0.05, 0.1) is 11.9 Å². The molecule has 6 heteroatoms. The third kappa shape index (κ3) is 3.58. The fraction of sp³-hybridized carbons (Fsp3) is 0.545. The molecule has 1 N–H and O–H groups in total. The summed E-state index contributed by atoms with van der Waals surface area (Å²) in [6.07, 6.45) is 1.55. The van der Waals surface area contributed by atoms with Crippen LogP contribution in [0.5, 0.6) is 0 Å². The van der Waals surface area contributed by atoms with Gasteiger partial charge in [0.25, 0.3) is 5.56 Å². The first-order chi connectivity index (χ1) is 8.08. The molecule has 94 valence electrons. The van der Waals surface area contributed by atoms with Crippen molar-refractivity contribution in [1.29, 1.82) is 0 Å². The van der Waals surface area contributed by atoms with E-state index in [1.165, 1.54) is 6.07 Å². The van der Waals surface area contributed by atoms with Crippen LogP contribution >= 0.6 is 0 Å². The molecule has 6 nitrogen and oxygen atoms in total. The van der Waals surface area contributed by atoms with Crippen LogP contribution in [0.25, 0.3) is 0 Å². The Balaban J connectivity index is 2.79. The van der Waals surface area contributed by atoms with Crippen LogP contribution in [-0.4, -0.2) is 40.7 Å². The maximum absolute atomic E-state index is 11.7. The van der Waals surface area contributed by atoms with E-state index in [2.05, 4.69) is 10.4 Å². The smallest absolute Gasteiger partial charge is 0.269 e. The van der Waals surface area contributed by atoms with Crippen LogP contribution in [0, 0.1) is 0 Å². The normalized spacial score (nSPS) is 10.1. The van der Waals surface area contributed by atoms with Crippen molar-refractivity contribution in [3.8, 4) is 0 Å². The number of rotatable bonds is 5. The van der Waals surface area contributed by atoms with Crippen molar-refractivity contribution in [3.05, 3.63) is 22.6 Å². The van der Waals surface area contributed by atoms with E-state index in [-0.39, 0.29) is 18.0 Å². The molecule has 0 saturated heterocycles. The summed E-state index contributed by atoms with van der Waals surface area (Å²) in [5.41, 5.74) is 0.395. The van der Waals surface area contributed by atoms with Crippen LogP contribution in [0.4, 0.5) is 5.69 Å². The first-order valence-corrected chi connectivity index (χ1v) is 5.63. The van der Waals surface area contributed by atoms with Crippen molar-refractivity contribution >= 4 is 11.6 Å². The van der Waals surface area contributed by atoms with Gasteiger partial charge in [-0.05, 0) is 13.8 Å². The van der Waals surface area contributed by atoms with E-state index < -0.39 is 0 Å². The predicted molar refractivity (Wildman–Crippen MR) is 66.0 cm³/mol. The van der Waals surface area contributed by atoms with Gasteiger partial charge in [0.2, 0.25) is 5.91 Å². The monoisotopic (exact) mass is 238 g/mol. The third-order valence-electron chi connectivity index (χ3n) is 2.44. The summed E-state index contributed by atoms with van der Waals surface area (Å²) in [7, 11) is 1.69. The summed E-state index contributed by atoms with van der Waals surface area (Å²) in [6.45, 7) is 5.13. The summed E-state index contributed by atoms with van der Waals surface area (Å²) < 4.78 is 1.16. The number of hydrogen-bond acceptors (Lipinski definition) is 4. The van der Waals surface area contributed by atoms with E-state index in [0.29, 0.717) is 12.2 Å². The van der Waals surface area contributed by atoms with E-state index in [4.69, 9.17) is 0 Å². The van der Waals surface area contributed by atoms with Crippen LogP contribution in [0.15, 0.2) is 17.1 Å². The molecule has 0 aliphatic heterocycles. The Hall–Kier alpha value is -1.85. The topological polar surface area (TPSA) is 67.2 Å². The second-order valence-corrected chi connectivity index (χ2v) is 3.68. The number of amides is 1. The second-order valence-electron chi connectivity index (χ2n) is 3.68. The molecule has 0 aliphatic rings. The molecular weight excluding hydrogens is 220 g/mol. The summed E-state index contributed by atoms with van der Waals surface area (Å²) in [5.74, 6) is -0.127. The van der Waals surface area contributed by atoms with E-state index in [1.54, 1.807) is 18.1 Å². The summed E-state index contributed by atoms with van der Waals surface area (Å²) in [6, 6.07) is 1.44. The fourth-order valence-electron chi connectivity index (χ4n) is 1.28. The number of nitrogens with one attached hydrogen (secondary N) is 1. The molecule has 0 spiro atoms. The Labute approximate surface area is 100 Å². The Morgan fingerprint density at radius 2 is 2.24 bits per heavy atom. The minimum Gasteiger partial charge on any atom is -0.384 e. The molecule has 1 aromatic heterocycles. The number of anilines is 1. The minimum absolute atomic E-state index is 0.0183. The Morgan fingerprint density at radius 1 is 1.53 bits per heavy atom. The van der Waals surface area contributed by atoms with Crippen LogP contribution in [0.2, 0.25) is 0 Å². The third-order valence-corrected chi connectivity index (χ3v) is 2.44. The van der Waals surface area contributed by atoms with Gasteiger partial charge in [0, 0.05) is 26.2 Å². The molecule has 17 heavy (non-hydrogen) atoms. The maximum Gasteiger partial charge on any atom is 0.269 e. The first kappa shape index (κ1) is 13.2. The van der Waals surface area contributed by atoms with Crippen LogP contribution in [0.3, 0.4) is 0 Å². The molecule has 0 radical (unpaired) electrons. The number of nitrogens with zero attached hydrogens (tertiary/aromatic N) is 3. The largest absolute Gasteiger partial charge is 0.384 e. The lowest BCUT2D eigenvalue weighted by Gasteiger charge is -2.14. The summed E-state index contributed by atoms with van der Waals surface area (Å²) in [5, 5.41) is 6.94. The lowest BCUT2D eigenvalue weighted by Crippen LogP contribution is -2.34. The standard InChI is InChI=1S/C11H18N4O2/c1-4-12-9-6-10(16)15(13-7-9)8-11(17)14(3)5-2/h6-7,12H,4-5,8H2,1-3H3. The molecule has 1 heterocycles. The van der Waals surface area contributed by atoms with Gasteiger partial charge in [-0.15, -0.1) is 0 Å². The molecule has 0 fully saturated rings. The Kier molecular flexibility index (Phi) is 4.68. The van der Waals surface area contributed by atoms with Gasteiger partial charge in [-0.25, -0.2) is 4.68 Å². The van der Waals surface area contributed by atoms with Crippen molar-refractivity contribution in [2.24, 2.45) is 0 Å². The average molecular weight is 238 g/mol. The maximum atomic E-state index is 11.7. The minimum atomic E-state index is -0.277. The molecule has 0 unspecified atom stereocenters. The van der Waals surface area contributed by atoms with Crippen LogP contribution < -0.4 is 10.9 Å². The molecular formula is C11H18N4O2. The lowest BCUT2D eigenvalue weighted by atomic mass is 10.4. The molecule has 0 aromatic carbocycles. The van der Waals surface area contributed by atoms with Gasteiger partial charge < -0.3 is 10.2 Å². The molecule has 0 atom stereocenters. The number of aromatic nitrogens is 2. The molecule has 1 aromatic rings. The average Bonchev–Trinajstić information content (AvgIpc) is 2.31. The molecule has 0 saturated carbocycles. The van der Waals surface area contributed by atoms with E-state index in [1.807, 2.05) is 13.8 Å². The van der Waals surface area contributed by atoms with E-state index >= 15 is 0 Å². The lowest BCUT2D eigenvalue weighted by molar-refractivity contribution is -0.130. The van der Waals surface area contributed by atoms with Gasteiger partial charge in [-0.2, -0.15) is 5.10 Å². The molecule has 0 bridgehead atoms. The highest BCUT2D eigenvalue weighted by Gasteiger charge is 2.09. The van der Waals surface area contributed by atoms with Crippen molar-refractivity contribution in [2.45, 2.75) is 20.4 Å². The number of carbonyl (C=O) groups excluding carboxylic acids is 1. The van der Waals surface area contributed by atoms with Gasteiger partial charge in [0.1, 0.15) is 6.54 Å². The van der Waals surface area contributed by atoms with E-state index in [9.17, 15) is 9.59 Å². The van der Waals surface area contributed by atoms with Crippen molar-refractivity contribution in [1.82, 2.24) is 14.7 Å². The zero-order valence-electron chi connectivity index (χ0n) is 10.4. The van der Waals surface area contributed by atoms with Gasteiger partial charge >= 0.3 is 0 Å². The van der Waals surface area contributed by atoms with Crippen molar-refractivity contribution in [3.63, 3.8) is 0 Å². The molecule has 1 amide bonds. The number of carbonyl (C=O) groups is 1.